The van der Waals surface area contributed by atoms with Gasteiger partial charge in [-0.2, -0.15) is 0 Å². The highest BCUT2D eigenvalue weighted by Gasteiger charge is 2.32. The summed E-state index contributed by atoms with van der Waals surface area (Å²) < 4.78 is 3.61. The van der Waals surface area contributed by atoms with Crippen LogP contribution in [-0.2, 0) is 0 Å². The summed E-state index contributed by atoms with van der Waals surface area (Å²) in [7, 11) is 8.20. The molecule has 0 saturated heterocycles. The zero-order valence-electron chi connectivity index (χ0n) is 23.8. The van der Waals surface area contributed by atoms with Crippen molar-refractivity contribution in [1.82, 2.24) is 4.57 Å². The standard InChI is InChI=1S/C34H33BrN4OS/c1-37(2)27-15-11-22(12-16-27)19-25-8-6-10-29-31(25)36-34-39(32(29)24-13-17-28(18-14-24)38(3)4)33(40)30(41-34)21-23-7-5-9-26(35)20-23/h5,7,9,11-21,32H,6,8,10H2,1-4H3/b25-19+,30-21+. The molecule has 2 aliphatic rings. The first kappa shape index (κ1) is 27.5. The van der Waals surface area contributed by atoms with Gasteiger partial charge in [-0.1, -0.05) is 63.7 Å². The van der Waals surface area contributed by atoms with Crippen LogP contribution in [0.25, 0.3) is 12.2 Å². The summed E-state index contributed by atoms with van der Waals surface area (Å²) in [5.74, 6) is 0. The molecule has 1 unspecified atom stereocenters. The fourth-order valence-electron chi connectivity index (χ4n) is 5.63. The SMILES string of the molecule is CN(C)c1ccc(/C=C2\CCCC3=C2N=c2s/c(=C/c4cccc(Br)c4)c(=O)n2C3c2ccc(N(C)C)cc2)cc1. The van der Waals surface area contributed by atoms with E-state index in [-0.39, 0.29) is 11.6 Å². The normalized spacial score (nSPS) is 17.7. The number of thiazole rings is 1. The molecule has 0 radical (unpaired) electrons. The maximum Gasteiger partial charge on any atom is 0.271 e. The number of allylic oxidation sites excluding steroid dienone is 2. The molecule has 208 valence electrons. The molecule has 5 nitrogen and oxygen atoms in total. The van der Waals surface area contributed by atoms with Crippen LogP contribution >= 0.6 is 27.3 Å². The fraction of sp³-hybridized carbons (Fsp3) is 0.235. The Bertz CT molecular complexity index is 1840. The monoisotopic (exact) mass is 624 g/mol. The van der Waals surface area contributed by atoms with Crippen LogP contribution in [0.4, 0.5) is 11.4 Å². The number of nitrogens with zero attached hydrogens (tertiary/aromatic N) is 4. The van der Waals surface area contributed by atoms with E-state index in [1.54, 1.807) is 0 Å². The number of benzene rings is 3. The Morgan fingerprint density at radius 1 is 0.878 bits per heavy atom. The summed E-state index contributed by atoms with van der Waals surface area (Å²) in [6.07, 6.45) is 7.18. The van der Waals surface area contributed by atoms with Crippen LogP contribution in [0.2, 0.25) is 0 Å². The molecular weight excluding hydrogens is 592 g/mol. The van der Waals surface area contributed by atoms with E-state index in [9.17, 15) is 4.79 Å². The summed E-state index contributed by atoms with van der Waals surface area (Å²) in [5, 5.41) is 0. The lowest BCUT2D eigenvalue weighted by molar-refractivity contribution is 0.553. The van der Waals surface area contributed by atoms with Crippen molar-refractivity contribution in [1.29, 1.82) is 0 Å². The van der Waals surface area contributed by atoms with E-state index >= 15 is 0 Å². The Morgan fingerprint density at radius 3 is 2.22 bits per heavy atom. The quantitative estimate of drug-likeness (QED) is 0.259. The van der Waals surface area contributed by atoms with Gasteiger partial charge in [-0.05, 0) is 95.6 Å². The van der Waals surface area contributed by atoms with Crippen molar-refractivity contribution >= 4 is 50.8 Å². The topological polar surface area (TPSA) is 40.8 Å². The van der Waals surface area contributed by atoms with Crippen LogP contribution in [-0.4, -0.2) is 32.8 Å². The lowest BCUT2D eigenvalue weighted by Gasteiger charge is -2.31. The number of aromatic nitrogens is 1. The second-order valence-corrected chi connectivity index (χ2v) is 12.9. The van der Waals surface area contributed by atoms with Gasteiger partial charge in [-0.3, -0.25) is 9.36 Å². The molecule has 0 N–H and O–H groups in total. The average Bonchev–Trinajstić information content (AvgIpc) is 3.26. The summed E-state index contributed by atoms with van der Waals surface area (Å²) >= 11 is 5.03. The van der Waals surface area contributed by atoms with E-state index in [4.69, 9.17) is 4.99 Å². The predicted octanol–water partition coefficient (Wildman–Crippen LogP) is 6.38. The molecule has 1 atom stereocenters. The third-order valence-corrected chi connectivity index (χ3v) is 9.23. The van der Waals surface area contributed by atoms with Crippen molar-refractivity contribution in [3.05, 3.63) is 130 Å². The minimum Gasteiger partial charge on any atom is -0.378 e. The van der Waals surface area contributed by atoms with Gasteiger partial charge in [-0.25, -0.2) is 4.99 Å². The molecular formula is C34H33BrN4OS. The molecule has 4 aromatic rings. The van der Waals surface area contributed by atoms with Gasteiger partial charge >= 0.3 is 0 Å². The first-order chi connectivity index (χ1) is 19.8. The Labute approximate surface area is 253 Å². The predicted molar refractivity (Wildman–Crippen MR) is 176 cm³/mol. The van der Waals surface area contributed by atoms with Crippen LogP contribution in [0.3, 0.4) is 0 Å². The maximum atomic E-state index is 14.0. The van der Waals surface area contributed by atoms with Crippen LogP contribution in [0, 0.1) is 0 Å². The molecule has 0 amide bonds. The summed E-state index contributed by atoms with van der Waals surface area (Å²) in [6.45, 7) is 0. The van der Waals surface area contributed by atoms with Crippen LogP contribution in [0.15, 0.2) is 104 Å². The second-order valence-electron chi connectivity index (χ2n) is 11.0. The first-order valence-electron chi connectivity index (χ1n) is 13.8. The van der Waals surface area contributed by atoms with Crippen molar-refractivity contribution in [3.8, 4) is 0 Å². The Kier molecular flexibility index (Phi) is 7.58. The number of hydrogen-bond donors (Lipinski definition) is 0. The number of hydrogen-bond acceptors (Lipinski definition) is 5. The van der Waals surface area contributed by atoms with Gasteiger partial charge in [-0.15, -0.1) is 0 Å². The number of anilines is 2. The highest BCUT2D eigenvalue weighted by molar-refractivity contribution is 9.10. The second kappa shape index (κ2) is 11.3. The van der Waals surface area contributed by atoms with Crippen molar-refractivity contribution in [2.75, 3.05) is 38.0 Å². The highest BCUT2D eigenvalue weighted by Crippen LogP contribution is 2.41. The van der Waals surface area contributed by atoms with E-state index in [0.717, 1.165) is 51.0 Å². The molecule has 1 aliphatic heterocycles. The fourth-order valence-corrected chi connectivity index (χ4v) is 7.05. The zero-order valence-corrected chi connectivity index (χ0v) is 26.2. The lowest BCUT2D eigenvalue weighted by atomic mass is 9.83. The summed E-state index contributed by atoms with van der Waals surface area (Å²) in [5.41, 5.74) is 9.11. The Morgan fingerprint density at radius 2 is 1.56 bits per heavy atom. The van der Waals surface area contributed by atoms with Gasteiger partial charge in [0, 0.05) is 44.0 Å². The molecule has 2 heterocycles. The third kappa shape index (κ3) is 5.48. The minimum absolute atomic E-state index is 0.0114. The average molecular weight is 626 g/mol. The van der Waals surface area contributed by atoms with Gasteiger partial charge in [0.25, 0.3) is 5.56 Å². The van der Waals surface area contributed by atoms with Crippen LogP contribution in [0.1, 0.15) is 42.0 Å². The molecule has 3 aromatic carbocycles. The molecule has 7 heteroatoms. The summed E-state index contributed by atoms with van der Waals surface area (Å²) in [4.78, 5) is 24.2. The molecule has 0 spiro atoms. The van der Waals surface area contributed by atoms with E-state index < -0.39 is 0 Å². The smallest absolute Gasteiger partial charge is 0.271 e. The van der Waals surface area contributed by atoms with Gasteiger partial charge in [0.05, 0.1) is 16.3 Å². The van der Waals surface area contributed by atoms with Gasteiger partial charge in [0.2, 0.25) is 0 Å². The van der Waals surface area contributed by atoms with E-state index in [1.807, 2.05) is 49.0 Å². The Balaban J connectivity index is 1.53. The van der Waals surface area contributed by atoms with Gasteiger partial charge < -0.3 is 9.80 Å². The first-order valence-corrected chi connectivity index (χ1v) is 15.5. The summed E-state index contributed by atoms with van der Waals surface area (Å²) in [6, 6.07) is 25.1. The molecule has 1 aliphatic carbocycles. The van der Waals surface area contributed by atoms with Gasteiger partial charge in [0.1, 0.15) is 0 Å². The van der Waals surface area contributed by atoms with Crippen molar-refractivity contribution in [2.24, 2.45) is 4.99 Å². The van der Waals surface area contributed by atoms with Crippen molar-refractivity contribution in [3.63, 3.8) is 0 Å². The molecule has 0 saturated carbocycles. The maximum absolute atomic E-state index is 14.0. The van der Waals surface area contributed by atoms with Gasteiger partial charge in [0.15, 0.2) is 4.80 Å². The van der Waals surface area contributed by atoms with Crippen molar-refractivity contribution < 1.29 is 0 Å². The number of halogens is 1. The van der Waals surface area contributed by atoms with E-state index in [1.165, 1.54) is 33.7 Å². The van der Waals surface area contributed by atoms with Crippen molar-refractivity contribution in [2.45, 2.75) is 25.3 Å². The Hall–Kier alpha value is -3.68. The molecule has 1 aromatic heterocycles. The van der Waals surface area contributed by atoms with Crippen LogP contribution in [0.5, 0.6) is 0 Å². The number of fused-ring (bicyclic) bond motifs is 1. The molecule has 0 fully saturated rings. The molecule has 0 bridgehead atoms. The number of rotatable bonds is 5. The largest absolute Gasteiger partial charge is 0.378 e. The van der Waals surface area contributed by atoms with E-state index in [2.05, 4.69) is 94.4 Å². The third-order valence-electron chi connectivity index (χ3n) is 7.76. The zero-order chi connectivity index (χ0) is 28.7. The van der Waals surface area contributed by atoms with E-state index in [0.29, 0.717) is 4.53 Å². The molecule has 41 heavy (non-hydrogen) atoms. The lowest BCUT2D eigenvalue weighted by Crippen LogP contribution is -2.39. The van der Waals surface area contributed by atoms with Crippen LogP contribution < -0.4 is 24.7 Å². The molecule has 6 rings (SSSR count). The highest BCUT2D eigenvalue weighted by atomic mass is 79.9. The minimum atomic E-state index is -0.179.